The van der Waals surface area contributed by atoms with Gasteiger partial charge in [0.25, 0.3) is 5.91 Å². The number of hydrogen-bond donors (Lipinski definition) is 1. The van der Waals surface area contributed by atoms with Crippen LogP contribution >= 0.6 is 24.8 Å². The second kappa shape index (κ2) is 11.9. The molecule has 1 aromatic rings. The zero-order chi connectivity index (χ0) is 18.5. The van der Waals surface area contributed by atoms with Gasteiger partial charge in [0.15, 0.2) is 0 Å². The van der Waals surface area contributed by atoms with E-state index in [4.69, 9.17) is 0 Å². The molecule has 0 radical (unpaired) electrons. The molecule has 2 fully saturated rings. The number of piperazine rings is 1. The molecule has 1 amide bonds. The van der Waals surface area contributed by atoms with Crippen LogP contribution < -0.4 is 10.2 Å². The van der Waals surface area contributed by atoms with Crippen molar-refractivity contribution < 1.29 is 4.79 Å². The molecule has 1 N–H and O–H groups in total. The van der Waals surface area contributed by atoms with Crippen molar-refractivity contribution in [2.75, 3.05) is 50.7 Å². The Morgan fingerprint density at radius 2 is 1.79 bits per heavy atom. The lowest BCUT2D eigenvalue weighted by molar-refractivity contribution is 0.0692. The van der Waals surface area contributed by atoms with Crippen LogP contribution in [0.3, 0.4) is 0 Å². The van der Waals surface area contributed by atoms with Gasteiger partial charge in [-0.15, -0.1) is 24.8 Å². The van der Waals surface area contributed by atoms with Crippen LogP contribution in [0, 0.1) is 0 Å². The van der Waals surface area contributed by atoms with Crippen LogP contribution in [0.25, 0.3) is 0 Å². The lowest BCUT2D eigenvalue weighted by Crippen LogP contribution is -2.48. The first kappa shape index (κ1) is 25.0. The fourth-order valence-electron chi connectivity index (χ4n) is 4.07. The zero-order valence-electron chi connectivity index (χ0n) is 17.4. The number of anilines is 1. The second-order valence-electron chi connectivity index (χ2n) is 7.81. The van der Waals surface area contributed by atoms with Gasteiger partial charge in [0.1, 0.15) is 0 Å². The first-order valence-electron chi connectivity index (χ1n) is 10.2. The maximum Gasteiger partial charge on any atom is 0.254 e. The number of nitrogens with one attached hydrogen (secondary N) is 1. The van der Waals surface area contributed by atoms with Crippen LogP contribution in [0.1, 0.15) is 44.0 Å². The monoisotopic (exact) mass is 430 g/mol. The van der Waals surface area contributed by atoms with Crippen molar-refractivity contribution in [3.8, 4) is 0 Å². The van der Waals surface area contributed by atoms with E-state index >= 15 is 0 Å². The molecule has 2 aliphatic rings. The molecule has 0 aromatic heterocycles. The third-order valence-corrected chi connectivity index (χ3v) is 5.72. The van der Waals surface area contributed by atoms with Gasteiger partial charge in [0.05, 0.1) is 0 Å². The van der Waals surface area contributed by atoms with Crippen molar-refractivity contribution >= 4 is 36.4 Å². The highest BCUT2D eigenvalue weighted by molar-refractivity contribution is 5.94. The summed E-state index contributed by atoms with van der Waals surface area (Å²) >= 11 is 0. The van der Waals surface area contributed by atoms with Crippen LogP contribution in [-0.2, 0) is 0 Å². The van der Waals surface area contributed by atoms with Crippen molar-refractivity contribution in [2.45, 2.75) is 45.7 Å². The summed E-state index contributed by atoms with van der Waals surface area (Å²) < 4.78 is 0. The number of nitrogens with zero attached hydrogens (tertiary/aromatic N) is 3. The summed E-state index contributed by atoms with van der Waals surface area (Å²) in [6.07, 6.45) is 2.06. The van der Waals surface area contributed by atoms with E-state index in [2.05, 4.69) is 52.9 Å². The molecule has 0 saturated carbocycles. The van der Waals surface area contributed by atoms with Crippen LogP contribution in [0.2, 0.25) is 0 Å². The summed E-state index contributed by atoms with van der Waals surface area (Å²) in [4.78, 5) is 20.0. The van der Waals surface area contributed by atoms with E-state index in [9.17, 15) is 4.79 Å². The summed E-state index contributed by atoms with van der Waals surface area (Å²) in [6.45, 7) is 13.8. The SMILES string of the molecule is CCCN(C(=O)c1ccc(N2CCN(C(C)C)CC2)cc1)C1CCNC1.Cl.Cl. The van der Waals surface area contributed by atoms with Gasteiger partial charge in [-0.3, -0.25) is 9.69 Å². The van der Waals surface area contributed by atoms with Gasteiger partial charge in [-0.2, -0.15) is 0 Å². The molecular formula is C21H36Cl2N4O. The van der Waals surface area contributed by atoms with Gasteiger partial charge in [0.2, 0.25) is 0 Å². The van der Waals surface area contributed by atoms with Gasteiger partial charge >= 0.3 is 0 Å². The molecule has 2 saturated heterocycles. The van der Waals surface area contributed by atoms with Gasteiger partial charge in [-0.25, -0.2) is 0 Å². The number of carbonyl (C=O) groups is 1. The minimum atomic E-state index is 0. The molecule has 1 aromatic carbocycles. The molecule has 2 aliphatic heterocycles. The van der Waals surface area contributed by atoms with E-state index < -0.39 is 0 Å². The molecule has 1 unspecified atom stereocenters. The van der Waals surface area contributed by atoms with E-state index in [1.807, 2.05) is 12.1 Å². The topological polar surface area (TPSA) is 38.8 Å². The zero-order valence-corrected chi connectivity index (χ0v) is 19.0. The molecule has 0 spiro atoms. The standard InChI is InChI=1S/C21H34N4O.2ClH/c1-4-11-25(20-9-10-22-16-20)21(26)18-5-7-19(8-6-18)24-14-12-23(13-15-24)17(2)3;;/h5-8,17,20,22H,4,9-16H2,1-3H3;2*1H. The van der Waals surface area contributed by atoms with Crippen LogP contribution in [-0.4, -0.2) is 73.6 Å². The first-order chi connectivity index (χ1) is 12.6. The summed E-state index contributed by atoms with van der Waals surface area (Å²) in [5, 5.41) is 3.38. The number of benzene rings is 1. The predicted octanol–water partition coefficient (Wildman–Crippen LogP) is 3.27. The van der Waals surface area contributed by atoms with E-state index in [0.717, 1.165) is 64.2 Å². The number of hydrogen-bond acceptors (Lipinski definition) is 4. The number of rotatable bonds is 6. The molecule has 1 atom stereocenters. The molecule has 0 aliphatic carbocycles. The van der Waals surface area contributed by atoms with Crippen molar-refractivity contribution in [3.63, 3.8) is 0 Å². The Balaban J connectivity index is 0.00000196. The van der Waals surface area contributed by atoms with E-state index in [-0.39, 0.29) is 30.7 Å². The molecule has 5 nitrogen and oxygen atoms in total. The second-order valence-corrected chi connectivity index (χ2v) is 7.81. The average molecular weight is 431 g/mol. The van der Waals surface area contributed by atoms with Gasteiger partial charge in [-0.1, -0.05) is 6.92 Å². The maximum absolute atomic E-state index is 13.0. The molecule has 160 valence electrons. The van der Waals surface area contributed by atoms with Crippen molar-refractivity contribution in [2.24, 2.45) is 0 Å². The molecular weight excluding hydrogens is 395 g/mol. The van der Waals surface area contributed by atoms with Crippen molar-refractivity contribution in [1.82, 2.24) is 15.1 Å². The fourth-order valence-corrected chi connectivity index (χ4v) is 4.07. The van der Waals surface area contributed by atoms with Crippen LogP contribution in [0.5, 0.6) is 0 Å². The highest BCUT2D eigenvalue weighted by atomic mass is 35.5. The average Bonchev–Trinajstić information content (AvgIpc) is 3.20. The Morgan fingerprint density at radius 3 is 2.29 bits per heavy atom. The Kier molecular flexibility index (Phi) is 10.6. The van der Waals surface area contributed by atoms with Crippen LogP contribution in [0.4, 0.5) is 5.69 Å². The summed E-state index contributed by atoms with van der Waals surface area (Å²) in [7, 11) is 0. The molecule has 0 bridgehead atoms. The minimum absolute atomic E-state index is 0. The first-order valence-corrected chi connectivity index (χ1v) is 10.2. The van der Waals surface area contributed by atoms with Crippen molar-refractivity contribution in [1.29, 1.82) is 0 Å². The van der Waals surface area contributed by atoms with Gasteiger partial charge < -0.3 is 15.1 Å². The molecule has 3 rings (SSSR count). The molecule has 2 heterocycles. The Labute approximate surface area is 182 Å². The lowest BCUT2D eigenvalue weighted by Gasteiger charge is -2.38. The number of amides is 1. The highest BCUT2D eigenvalue weighted by Crippen LogP contribution is 2.20. The number of halogens is 2. The summed E-state index contributed by atoms with van der Waals surface area (Å²) in [5.74, 6) is 0.178. The third kappa shape index (κ3) is 5.99. The Morgan fingerprint density at radius 1 is 1.14 bits per heavy atom. The van der Waals surface area contributed by atoms with E-state index in [1.165, 1.54) is 5.69 Å². The molecule has 7 heteroatoms. The molecule has 28 heavy (non-hydrogen) atoms. The van der Waals surface area contributed by atoms with E-state index in [1.54, 1.807) is 0 Å². The summed E-state index contributed by atoms with van der Waals surface area (Å²) in [5.41, 5.74) is 2.05. The lowest BCUT2D eigenvalue weighted by atomic mass is 10.1. The maximum atomic E-state index is 13.0. The number of carbonyl (C=O) groups excluding carboxylic acids is 1. The largest absolute Gasteiger partial charge is 0.369 e. The Hall–Kier alpha value is -1.01. The van der Waals surface area contributed by atoms with Crippen molar-refractivity contribution in [3.05, 3.63) is 29.8 Å². The van der Waals surface area contributed by atoms with E-state index in [0.29, 0.717) is 12.1 Å². The fraction of sp³-hybridized carbons (Fsp3) is 0.667. The predicted molar refractivity (Wildman–Crippen MR) is 122 cm³/mol. The normalized spacial score (nSPS) is 19.9. The van der Waals surface area contributed by atoms with Gasteiger partial charge in [-0.05, 0) is 57.5 Å². The minimum Gasteiger partial charge on any atom is -0.369 e. The quantitative estimate of drug-likeness (QED) is 0.751. The third-order valence-electron chi connectivity index (χ3n) is 5.72. The van der Waals surface area contributed by atoms with Crippen LogP contribution in [0.15, 0.2) is 24.3 Å². The van der Waals surface area contributed by atoms with Gasteiger partial charge in [0, 0.05) is 62.6 Å². The summed E-state index contributed by atoms with van der Waals surface area (Å²) in [6, 6.07) is 9.22. The Bertz CT molecular complexity index is 583. The smallest absolute Gasteiger partial charge is 0.254 e. The highest BCUT2D eigenvalue weighted by Gasteiger charge is 2.27.